The zero-order valence-corrected chi connectivity index (χ0v) is 12.9. The van der Waals surface area contributed by atoms with Crippen molar-refractivity contribution < 1.29 is 14.7 Å². The molecule has 2 aliphatic carbocycles. The van der Waals surface area contributed by atoms with Crippen LogP contribution in [-0.2, 0) is 16.1 Å². The van der Waals surface area contributed by atoms with E-state index in [4.69, 9.17) is 16.7 Å². The number of carboxylic acid groups (broad SMARTS) is 1. The number of carboxylic acids is 1. The number of allylic oxidation sites excluding steroid dienone is 2. The molecule has 0 spiro atoms. The molecule has 0 aromatic heterocycles. The number of carbonyl (C=O) groups excluding carboxylic acids is 1. The Kier molecular flexibility index (Phi) is 4.21. The molecule has 1 saturated carbocycles. The van der Waals surface area contributed by atoms with Gasteiger partial charge in [-0.3, -0.25) is 9.59 Å². The zero-order chi connectivity index (χ0) is 15.7. The van der Waals surface area contributed by atoms with Gasteiger partial charge in [-0.15, -0.1) is 0 Å². The lowest BCUT2D eigenvalue weighted by Gasteiger charge is -2.27. The van der Waals surface area contributed by atoms with Gasteiger partial charge in [0.05, 0.1) is 0 Å². The molecule has 3 unspecified atom stereocenters. The van der Waals surface area contributed by atoms with Gasteiger partial charge < -0.3 is 10.0 Å². The van der Waals surface area contributed by atoms with E-state index < -0.39 is 5.97 Å². The van der Waals surface area contributed by atoms with Gasteiger partial charge in [0.1, 0.15) is 6.54 Å². The molecule has 2 bridgehead atoms. The van der Waals surface area contributed by atoms with E-state index in [0.717, 1.165) is 18.4 Å². The fourth-order valence-electron chi connectivity index (χ4n) is 3.48. The first-order valence-electron chi connectivity index (χ1n) is 7.46. The maximum absolute atomic E-state index is 12.7. The summed E-state index contributed by atoms with van der Waals surface area (Å²) in [6.07, 6.45) is 6.15. The molecule has 2 aliphatic rings. The van der Waals surface area contributed by atoms with Crippen molar-refractivity contribution in [3.05, 3.63) is 47.0 Å². The molecule has 0 saturated heterocycles. The number of rotatable bonds is 5. The van der Waals surface area contributed by atoms with Crippen LogP contribution in [0.4, 0.5) is 0 Å². The van der Waals surface area contributed by atoms with Crippen LogP contribution in [-0.4, -0.2) is 28.4 Å². The first-order chi connectivity index (χ1) is 10.5. The largest absolute Gasteiger partial charge is 0.480 e. The second-order valence-electron chi connectivity index (χ2n) is 6.10. The van der Waals surface area contributed by atoms with Crippen molar-refractivity contribution in [3.8, 4) is 0 Å². The molecule has 1 fully saturated rings. The number of carbonyl (C=O) groups is 2. The van der Waals surface area contributed by atoms with Gasteiger partial charge in [-0.25, -0.2) is 0 Å². The Balaban J connectivity index is 1.74. The van der Waals surface area contributed by atoms with Crippen LogP contribution in [0.3, 0.4) is 0 Å². The van der Waals surface area contributed by atoms with Crippen molar-refractivity contribution in [2.45, 2.75) is 19.4 Å². The predicted molar refractivity (Wildman–Crippen MR) is 83.3 cm³/mol. The third-order valence-electron chi connectivity index (χ3n) is 4.52. The Morgan fingerprint density at radius 3 is 2.45 bits per heavy atom. The predicted octanol–water partition coefficient (Wildman–Crippen LogP) is 2.97. The second kappa shape index (κ2) is 6.13. The minimum atomic E-state index is -0.985. The summed E-state index contributed by atoms with van der Waals surface area (Å²) in [6, 6.07) is 7.15. The van der Waals surface area contributed by atoms with Crippen LogP contribution < -0.4 is 0 Å². The molecular weight excluding hydrogens is 302 g/mol. The highest BCUT2D eigenvalue weighted by Gasteiger charge is 2.41. The molecule has 1 N–H and O–H groups in total. The van der Waals surface area contributed by atoms with Gasteiger partial charge in [0.2, 0.25) is 5.91 Å². The standard InChI is InChI=1S/C17H18ClNO3/c18-14-5-2-11(3-6-14)9-19(10-16(20)21)17(22)15-8-12-1-4-13(15)7-12/h1-6,12-13,15H,7-10H2,(H,20,21). The Morgan fingerprint density at radius 1 is 1.18 bits per heavy atom. The summed E-state index contributed by atoms with van der Waals surface area (Å²) in [5.74, 6) is -0.336. The monoisotopic (exact) mass is 319 g/mol. The molecule has 1 aromatic carbocycles. The second-order valence-corrected chi connectivity index (χ2v) is 6.54. The lowest BCUT2D eigenvalue weighted by atomic mass is 9.92. The minimum Gasteiger partial charge on any atom is -0.480 e. The third kappa shape index (κ3) is 3.17. The Labute approximate surface area is 134 Å². The number of benzene rings is 1. The smallest absolute Gasteiger partial charge is 0.323 e. The number of amides is 1. The van der Waals surface area contributed by atoms with Crippen molar-refractivity contribution in [1.82, 2.24) is 4.90 Å². The average molecular weight is 320 g/mol. The van der Waals surface area contributed by atoms with Gasteiger partial charge in [0.15, 0.2) is 0 Å². The molecule has 3 atom stereocenters. The van der Waals surface area contributed by atoms with Crippen LogP contribution in [0, 0.1) is 17.8 Å². The van der Waals surface area contributed by atoms with Crippen LogP contribution in [0.2, 0.25) is 5.02 Å². The first-order valence-corrected chi connectivity index (χ1v) is 7.84. The van der Waals surface area contributed by atoms with E-state index in [1.165, 1.54) is 4.90 Å². The van der Waals surface area contributed by atoms with Crippen LogP contribution in [0.25, 0.3) is 0 Å². The zero-order valence-electron chi connectivity index (χ0n) is 12.1. The van der Waals surface area contributed by atoms with Crippen molar-refractivity contribution in [1.29, 1.82) is 0 Å². The quantitative estimate of drug-likeness (QED) is 0.849. The number of fused-ring (bicyclic) bond motifs is 2. The SMILES string of the molecule is O=C(O)CN(Cc1ccc(Cl)cc1)C(=O)C1CC2C=CC1C2. The molecule has 0 aliphatic heterocycles. The molecule has 0 heterocycles. The maximum Gasteiger partial charge on any atom is 0.323 e. The average Bonchev–Trinajstić information content (AvgIpc) is 3.10. The van der Waals surface area contributed by atoms with Gasteiger partial charge in [0.25, 0.3) is 0 Å². The third-order valence-corrected chi connectivity index (χ3v) is 4.77. The molecule has 1 aromatic rings. The number of nitrogens with zero attached hydrogens (tertiary/aromatic N) is 1. The van der Waals surface area contributed by atoms with Crippen molar-refractivity contribution in [2.24, 2.45) is 17.8 Å². The Hall–Kier alpha value is -1.81. The highest BCUT2D eigenvalue weighted by molar-refractivity contribution is 6.30. The number of hydrogen-bond donors (Lipinski definition) is 1. The number of halogens is 1. The Morgan fingerprint density at radius 2 is 1.91 bits per heavy atom. The van der Waals surface area contributed by atoms with E-state index in [1.807, 2.05) is 12.1 Å². The molecule has 5 heteroatoms. The summed E-state index contributed by atoms with van der Waals surface area (Å²) in [6.45, 7) is 0.0406. The molecular formula is C17H18ClNO3. The molecule has 0 radical (unpaired) electrons. The van der Waals surface area contributed by atoms with Crippen LogP contribution in [0.15, 0.2) is 36.4 Å². The molecule has 3 rings (SSSR count). The van der Waals surface area contributed by atoms with Crippen molar-refractivity contribution in [3.63, 3.8) is 0 Å². The Bertz CT molecular complexity index is 611. The van der Waals surface area contributed by atoms with Crippen molar-refractivity contribution in [2.75, 3.05) is 6.54 Å². The van der Waals surface area contributed by atoms with Gasteiger partial charge in [0, 0.05) is 17.5 Å². The molecule has 4 nitrogen and oxygen atoms in total. The van der Waals surface area contributed by atoms with E-state index in [2.05, 4.69) is 12.2 Å². The number of aliphatic carboxylic acids is 1. The summed E-state index contributed by atoms with van der Waals surface area (Å²) >= 11 is 5.86. The summed E-state index contributed by atoms with van der Waals surface area (Å²) in [4.78, 5) is 25.3. The molecule has 116 valence electrons. The summed E-state index contributed by atoms with van der Waals surface area (Å²) in [5, 5.41) is 9.72. The van der Waals surface area contributed by atoms with Crippen LogP contribution >= 0.6 is 11.6 Å². The normalized spacial score (nSPS) is 25.4. The van der Waals surface area contributed by atoms with Crippen molar-refractivity contribution >= 4 is 23.5 Å². The van der Waals surface area contributed by atoms with Crippen LogP contribution in [0.5, 0.6) is 0 Å². The lowest BCUT2D eigenvalue weighted by Crippen LogP contribution is -2.40. The molecule has 22 heavy (non-hydrogen) atoms. The highest BCUT2D eigenvalue weighted by atomic mass is 35.5. The summed E-state index contributed by atoms with van der Waals surface area (Å²) in [7, 11) is 0. The fraction of sp³-hybridized carbons (Fsp3) is 0.412. The molecule has 1 amide bonds. The van der Waals surface area contributed by atoms with E-state index >= 15 is 0 Å². The fourth-order valence-corrected chi connectivity index (χ4v) is 3.61. The van der Waals surface area contributed by atoms with Crippen LogP contribution in [0.1, 0.15) is 18.4 Å². The van der Waals surface area contributed by atoms with E-state index in [-0.39, 0.29) is 24.3 Å². The van der Waals surface area contributed by atoms with Gasteiger partial charge in [-0.05, 0) is 42.4 Å². The van der Waals surface area contributed by atoms with E-state index in [0.29, 0.717) is 17.5 Å². The summed E-state index contributed by atoms with van der Waals surface area (Å²) < 4.78 is 0. The number of hydrogen-bond acceptors (Lipinski definition) is 2. The first kappa shape index (κ1) is 15.1. The summed E-state index contributed by atoms with van der Waals surface area (Å²) in [5.41, 5.74) is 0.887. The van der Waals surface area contributed by atoms with Gasteiger partial charge in [-0.2, -0.15) is 0 Å². The van der Waals surface area contributed by atoms with E-state index in [9.17, 15) is 9.59 Å². The van der Waals surface area contributed by atoms with Gasteiger partial charge >= 0.3 is 5.97 Å². The van der Waals surface area contributed by atoms with Gasteiger partial charge in [-0.1, -0.05) is 35.9 Å². The maximum atomic E-state index is 12.7. The lowest BCUT2D eigenvalue weighted by molar-refractivity contribution is -0.147. The minimum absolute atomic E-state index is 0.0470. The highest BCUT2D eigenvalue weighted by Crippen LogP contribution is 2.44. The van der Waals surface area contributed by atoms with E-state index in [1.54, 1.807) is 12.1 Å². The topological polar surface area (TPSA) is 57.6 Å².